The molecule has 1 heterocycles. The lowest BCUT2D eigenvalue weighted by molar-refractivity contribution is 0.313. The predicted octanol–water partition coefficient (Wildman–Crippen LogP) is 3.22. The molecule has 1 N–H and O–H groups in total. The average Bonchev–Trinajstić information content (AvgIpc) is 2.96. The topological polar surface area (TPSA) is 39.1 Å². The highest BCUT2D eigenvalue weighted by molar-refractivity contribution is 9.10. The summed E-state index contributed by atoms with van der Waals surface area (Å²) in [7, 11) is 0. The SMILES string of the molecule is CCCOc1ccc(Br)cc1CNCCn1cccn1. The van der Waals surface area contributed by atoms with Gasteiger partial charge in [-0.25, -0.2) is 0 Å². The Morgan fingerprint density at radius 1 is 1.40 bits per heavy atom. The highest BCUT2D eigenvalue weighted by Gasteiger charge is 2.04. The first-order valence-corrected chi connectivity index (χ1v) is 7.68. The number of aromatic nitrogens is 2. The zero-order chi connectivity index (χ0) is 14.2. The second-order valence-electron chi connectivity index (χ2n) is 4.55. The molecule has 0 atom stereocenters. The fourth-order valence-corrected chi connectivity index (χ4v) is 2.30. The van der Waals surface area contributed by atoms with Crippen molar-refractivity contribution >= 4 is 15.9 Å². The summed E-state index contributed by atoms with van der Waals surface area (Å²) in [6, 6.07) is 8.07. The lowest BCUT2D eigenvalue weighted by atomic mass is 10.2. The zero-order valence-electron chi connectivity index (χ0n) is 11.7. The molecule has 0 spiro atoms. The van der Waals surface area contributed by atoms with Crippen molar-refractivity contribution in [3.63, 3.8) is 0 Å². The van der Waals surface area contributed by atoms with Crippen molar-refractivity contribution in [1.82, 2.24) is 15.1 Å². The molecule has 2 aromatic rings. The molecule has 0 amide bonds. The lowest BCUT2D eigenvalue weighted by Gasteiger charge is -2.12. The summed E-state index contributed by atoms with van der Waals surface area (Å²) in [5, 5.41) is 7.60. The Bertz CT molecular complexity index is 514. The van der Waals surface area contributed by atoms with Crippen LogP contribution in [0.4, 0.5) is 0 Å². The lowest BCUT2D eigenvalue weighted by Crippen LogP contribution is -2.20. The Balaban J connectivity index is 1.85. The molecule has 5 heteroatoms. The van der Waals surface area contributed by atoms with Gasteiger partial charge in [-0.05, 0) is 30.7 Å². The summed E-state index contributed by atoms with van der Waals surface area (Å²) in [6.07, 6.45) is 4.78. The first kappa shape index (κ1) is 15.1. The largest absolute Gasteiger partial charge is 0.493 e. The predicted molar refractivity (Wildman–Crippen MR) is 83.9 cm³/mol. The fourth-order valence-electron chi connectivity index (χ4n) is 1.89. The number of nitrogens with zero attached hydrogens (tertiary/aromatic N) is 2. The maximum absolute atomic E-state index is 5.77. The van der Waals surface area contributed by atoms with E-state index in [1.54, 1.807) is 6.20 Å². The second-order valence-corrected chi connectivity index (χ2v) is 5.46. The molecule has 0 aliphatic carbocycles. The number of benzene rings is 1. The third kappa shape index (κ3) is 4.65. The van der Waals surface area contributed by atoms with Crippen molar-refractivity contribution in [2.24, 2.45) is 0 Å². The Kier molecular flexibility index (Phi) is 6.08. The Hall–Kier alpha value is -1.33. The van der Waals surface area contributed by atoms with Gasteiger partial charge in [-0.1, -0.05) is 22.9 Å². The van der Waals surface area contributed by atoms with E-state index in [-0.39, 0.29) is 0 Å². The van der Waals surface area contributed by atoms with Gasteiger partial charge in [0.05, 0.1) is 13.2 Å². The summed E-state index contributed by atoms with van der Waals surface area (Å²) in [4.78, 5) is 0. The minimum absolute atomic E-state index is 0.752. The monoisotopic (exact) mass is 337 g/mol. The number of nitrogens with one attached hydrogen (secondary N) is 1. The van der Waals surface area contributed by atoms with Crippen LogP contribution in [0.25, 0.3) is 0 Å². The van der Waals surface area contributed by atoms with Crippen molar-refractivity contribution in [2.75, 3.05) is 13.2 Å². The maximum Gasteiger partial charge on any atom is 0.123 e. The van der Waals surface area contributed by atoms with Gasteiger partial charge in [0.1, 0.15) is 5.75 Å². The average molecular weight is 338 g/mol. The van der Waals surface area contributed by atoms with Crippen LogP contribution in [0.2, 0.25) is 0 Å². The summed E-state index contributed by atoms with van der Waals surface area (Å²) in [5.74, 6) is 0.960. The summed E-state index contributed by atoms with van der Waals surface area (Å²) in [5.41, 5.74) is 1.17. The smallest absolute Gasteiger partial charge is 0.123 e. The molecule has 0 unspecified atom stereocenters. The molecule has 1 aromatic carbocycles. The number of ether oxygens (including phenoxy) is 1. The fraction of sp³-hybridized carbons (Fsp3) is 0.400. The van der Waals surface area contributed by atoms with Gasteiger partial charge in [-0.2, -0.15) is 5.10 Å². The van der Waals surface area contributed by atoms with Crippen molar-refractivity contribution in [3.8, 4) is 5.75 Å². The molecular formula is C15H20BrN3O. The van der Waals surface area contributed by atoms with Crippen LogP contribution < -0.4 is 10.1 Å². The van der Waals surface area contributed by atoms with E-state index in [1.165, 1.54) is 5.56 Å². The van der Waals surface area contributed by atoms with Gasteiger partial charge in [-0.15, -0.1) is 0 Å². The van der Waals surface area contributed by atoms with Crippen molar-refractivity contribution in [3.05, 3.63) is 46.7 Å². The van der Waals surface area contributed by atoms with Crippen LogP contribution in [0.15, 0.2) is 41.1 Å². The van der Waals surface area contributed by atoms with E-state index in [4.69, 9.17) is 4.74 Å². The first-order chi connectivity index (χ1) is 9.79. The van der Waals surface area contributed by atoms with Gasteiger partial charge in [-0.3, -0.25) is 4.68 Å². The Morgan fingerprint density at radius 3 is 3.05 bits per heavy atom. The van der Waals surface area contributed by atoms with Gasteiger partial charge in [0.25, 0.3) is 0 Å². The molecule has 0 saturated heterocycles. The number of halogens is 1. The molecule has 0 fully saturated rings. The molecular weight excluding hydrogens is 318 g/mol. The molecule has 4 nitrogen and oxygen atoms in total. The Labute approximate surface area is 128 Å². The van der Waals surface area contributed by atoms with Crippen LogP contribution in [0.5, 0.6) is 5.75 Å². The van der Waals surface area contributed by atoms with Crippen LogP contribution in [-0.4, -0.2) is 22.9 Å². The van der Waals surface area contributed by atoms with E-state index in [9.17, 15) is 0 Å². The molecule has 20 heavy (non-hydrogen) atoms. The minimum atomic E-state index is 0.752. The van der Waals surface area contributed by atoms with Gasteiger partial charge in [0.15, 0.2) is 0 Å². The third-order valence-electron chi connectivity index (χ3n) is 2.88. The maximum atomic E-state index is 5.77. The van der Waals surface area contributed by atoms with Crippen molar-refractivity contribution in [1.29, 1.82) is 0 Å². The molecule has 108 valence electrons. The van der Waals surface area contributed by atoms with E-state index in [2.05, 4.69) is 39.3 Å². The highest BCUT2D eigenvalue weighted by Crippen LogP contribution is 2.23. The summed E-state index contributed by atoms with van der Waals surface area (Å²) in [6.45, 7) is 5.40. The van der Waals surface area contributed by atoms with E-state index in [1.807, 2.05) is 29.1 Å². The van der Waals surface area contributed by atoms with E-state index in [0.29, 0.717) is 0 Å². The molecule has 0 radical (unpaired) electrons. The standard InChI is InChI=1S/C15H20BrN3O/c1-2-10-20-15-5-4-14(16)11-13(15)12-17-7-9-19-8-3-6-18-19/h3-6,8,11,17H,2,7,9-10,12H2,1H3. The Morgan fingerprint density at radius 2 is 2.30 bits per heavy atom. The van der Waals surface area contributed by atoms with Gasteiger partial charge in [0.2, 0.25) is 0 Å². The normalized spacial score (nSPS) is 10.7. The molecule has 0 aliphatic rings. The molecule has 0 saturated carbocycles. The van der Waals surface area contributed by atoms with Crippen LogP contribution in [0.3, 0.4) is 0 Å². The van der Waals surface area contributed by atoms with E-state index in [0.717, 1.165) is 42.9 Å². The van der Waals surface area contributed by atoms with Crippen molar-refractivity contribution in [2.45, 2.75) is 26.4 Å². The van der Waals surface area contributed by atoms with E-state index >= 15 is 0 Å². The second kappa shape index (κ2) is 8.07. The quantitative estimate of drug-likeness (QED) is 0.751. The third-order valence-corrected chi connectivity index (χ3v) is 3.37. The summed E-state index contributed by atoms with van der Waals surface area (Å²) < 4.78 is 8.76. The molecule has 2 rings (SSSR count). The number of rotatable bonds is 8. The molecule has 0 aliphatic heterocycles. The van der Waals surface area contributed by atoms with Crippen LogP contribution in [-0.2, 0) is 13.1 Å². The van der Waals surface area contributed by atoms with Crippen LogP contribution in [0.1, 0.15) is 18.9 Å². The van der Waals surface area contributed by atoms with E-state index < -0.39 is 0 Å². The zero-order valence-corrected chi connectivity index (χ0v) is 13.3. The molecule has 1 aromatic heterocycles. The molecule has 0 bridgehead atoms. The number of hydrogen-bond donors (Lipinski definition) is 1. The van der Waals surface area contributed by atoms with Crippen LogP contribution in [0, 0.1) is 0 Å². The van der Waals surface area contributed by atoms with Gasteiger partial charge >= 0.3 is 0 Å². The number of hydrogen-bond acceptors (Lipinski definition) is 3. The highest BCUT2D eigenvalue weighted by atomic mass is 79.9. The minimum Gasteiger partial charge on any atom is -0.493 e. The summed E-state index contributed by atoms with van der Waals surface area (Å²) >= 11 is 3.51. The van der Waals surface area contributed by atoms with Crippen molar-refractivity contribution < 1.29 is 4.74 Å². The first-order valence-electron chi connectivity index (χ1n) is 6.89. The van der Waals surface area contributed by atoms with Gasteiger partial charge in [0, 0.05) is 35.5 Å². The van der Waals surface area contributed by atoms with Crippen LogP contribution >= 0.6 is 15.9 Å². The van der Waals surface area contributed by atoms with Gasteiger partial charge < -0.3 is 10.1 Å².